The molecule has 118 valence electrons. The van der Waals surface area contributed by atoms with Crippen LogP contribution in [0, 0.1) is 5.92 Å². The highest BCUT2D eigenvalue weighted by atomic mass is 14.1. The molecule has 0 aliphatic carbocycles. The highest BCUT2D eigenvalue weighted by Gasteiger charge is 2.08. The topological polar surface area (TPSA) is 0 Å². The Kier molecular flexibility index (Phi) is 13.9. The third-order valence-corrected chi connectivity index (χ3v) is 3.16. The fraction of sp³-hybridized carbons (Fsp3) is 0.429. The molecule has 0 aliphatic heterocycles. The molecule has 0 N–H and O–H groups in total. The van der Waals surface area contributed by atoms with E-state index in [0.717, 1.165) is 24.0 Å². The summed E-state index contributed by atoms with van der Waals surface area (Å²) in [5.41, 5.74) is 4.69. The predicted molar refractivity (Wildman–Crippen MR) is 101 cm³/mol. The summed E-state index contributed by atoms with van der Waals surface area (Å²) in [4.78, 5) is 0. The van der Waals surface area contributed by atoms with Crippen molar-refractivity contribution in [1.29, 1.82) is 0 Å². The largest absolute Gasteiger partial charge is 0.103 e. The number of rotatable bonds is 8. The van der Waals surface area contributed by atoms with E-state index in [4.69, 9.17) is 0 Å². The van der Waals surface area contributed by atoms with Gasteiger partial charge < -0.3 is 0 Å². The first-order chi connectivity index (χ1) is 9.99. The summed E-state index contributed by atoms with van der Waals surface area (Å²) in [5.74, 6) is 0.460. The van der Waals surface area contributed by atoms with Crippen molar-refractivity contribution in [3.05, 3.63) is 72.4 Å². The highest BCUT2D eigenvalue weighted by molar-refractivity contribution is 5.52. The van der Waals surface area contributed by atoms with Gasteiger partial charge in [-0.1, -0.05) is 76.8 Å². The minimum absolute atomic E-state index is 0.460. The van der Waals surface area contributed by atoms with Crippen LogP contribution in [0.4, 0.5) is 0 Å². The van der Waals surface area contributed by atoms with Crippen molar-refractivity contribution in [2.75, 3.05) is 0 Å². The van der Waals surface area contributed by atoms with Gasteiger partial charge in [-0.3, -0.25) is 0 Å². The van der Waals surface area contributed by atoms with E-state index < -0.39 is 0 Å². The second kappa shape index (κ2) is 13.4. The maximum atomic E-state index is 4.23. The van der Waals surface area contributed by atoms with E-state index in [1.807, 2.05) is 26.0 Å². The number of hydrogen-bond acceptors (Lipinski definition) is 0. The van der Waals surface area contributed by atoms with E-state index in [-0.39, 0.29) is 0 Å². The van der Waals surface area contributed by atoms with Crippen molar-refractivity contribution in [2.24, 2.45) is 5.92 Å². The summed E-state index contributed by atoms with van der Waals surface area (Å²) in [6, 6.07) is 0. The average molecular weight is 287 g/mol. The van der Waals surface area contributed by atoms with Gasteiger partial charge in [0.2, 0.25) is 0 Å². The van der Waals surface area contributed by atoms with Crippen LogP contribution in [0.2, 0.25) is 0 Å². The quantitative estimate of drug-likeness (QED) is 0.327. The molecule has 0 heteroatoms. The Bertz CT molecular complexity index is 413. The molecule has 0 aromatic rings. The molecule has 1 atom stereocenters. The molecule has 0 fully saturated rings. The van der Waals surface area contributed by atoms with Crippen LogP contribution in [-0.4, -0.2) is 0 Å². The first-order valence-electron chi connectivity index (χ1n) is 7.98. The SMILES string of the molecule is C=C/C(=C\C(C)=C/CC)C(=C)/C(=C/C)CC(C)C=C.CC. The van der Waals surface area contributed by atoms with E-state index >= 15 is 0 Å². The Labute approximate surface area is 133 Å². The third kappa shape index (κ3) is 9.07. The summed E-state index contributed by atoms with van der Waals surface area (Å²) in [5, 5.41) is 0. The van der Waals surface area contributed by atoms with Crippen LogP contribution in [0.1, 0.15) is 54.4 Å². The minimum Gasteiger partial charge on any atom is -0.103 e. The Morgan fingerprint density at radius 3 is 2.14 bits per heavy atom. The van der Waals surface area contributed by atoms with Gasteiger partial charge in [0.05, 0.1) is 0 Å². The molecule has 0 aliphatic rings. The first-order valence-corrected chi connectivity index (χ1v) is 7.98. The van der Waals surface area contributed by atoms with Gasteiger partial charge in [0.15, 0.2) is 0 Å². The van der Waals surface area contributed by atoms with E-state index in [1.54, 1.807) is 0 Å². The van der Waals surface area contributed by atoms with Crippen molar-refractivity contribution in [1.82, 2.24) is 0 Å². The standard InChI is InChI=1S/C19H28.C2H6/c1-8-12-16(6)14-19(11-4)17(7)18(10-3)13-15(5)9-2;1-2/h9-12,14-15H,2,4,7-8,13H2,1,3,5-6H3;1-2H3/b16-12-,18-10+,19-14+;. The molecular weight excluding hydrogens is 252 g/mol. The monoisotopic (exact) mass is 286 g/mol. The smallest absolute Gasteiger partial charge is 0.0191 e. The Hall–Kier alpha value is -1.56. The van der Waals surface area contributed by atoms with E-state index in [0.29, 0.717) is 5.92 Å². The van der Waals surface area contributed by atoms with Crippen LogP contribution in [0.5, 0.6) is 0 Å². The molecule has 0 saturated carbocycles. The molecule has 21 heavy (non-hydrogen) atoms. The van der Waals surface area contributed by atoms with Crippen LogP contribution in [0.3, 0.4) is 0 Å². The molecule has 0 aromatic heterocycles. The lowest BCUT2D eigenvalue weighted by Gasteiger charge is -2.14. The van der Waals surface area contributed by atoms with Crippen molar-refractivity contribution in [3.63, 3.8) is 0 Å². The zero-order valence-electron chi connectivity index (χ0n) is 15.0. The maximum Gasteiger partial charge on any atom is -0.0191 e. The number of hydrogen-bond donors (Lipinski definition) is 0. The van der Waals surface area contributed by atoms with Gasteiger partial charge >= 0.3 is 0 Å². The fourth-order valence-electron chi connectivity index (χ4n) is 1.93. The molecule has 0 aromatic carbocycles. The van der Waals surface area contributed by atoms with Gasteiger partial charge in [-0.15, -0.1) is 6.58 Å². The van der Waals surface area contributed by atoms with Gasteiger partial charge in [-0.2, -0.15) is 0 Å². The molecule has 0 saturated heterocycles. The zero-order valence-corrected chi connectivity index (χ0v) is 15.0. The molecule has 0 amide bonds. The van der Waals surface area contributed by atoms with Gasteiger partial charge in [0.25, 0.3) is 0 Å². The summed E-state index contributed by atoms with van der Waals surface area (Å²) in [6.45, 7) is 24.5. The highest BCUT2D eigenvalue weighted by Crippen LogP contribution is 2.26. The van der Waals surface area contributed by atoms with Crippen molar-refractivity contribution >= 4 is 0 Å². The van der Waals surface area contributed by atoms with Crippen LogP contribution >= 0.6 is 0 Å². The van der Waals surface area contributed by atoms with Crippen LogP contribution in [-0.2, 0) is 0 Å². The maximum absolute atomic E-state index is 4.23. The van der Waals surface area contributed by atoms with Crippen LogP contribution in [0.25, 0.3) is 0 Å². The van der Waals surface area contributed by atoms with Crippen molar-refractivity contribution in [3.8, 4) is 0 Å². The van der Waals surface area contributed by atoms with Crippen molar-refractivity contribution < 1.29 is 0 Å². The van der Waals surface area contributed by atoms with Gasteiger partial charge in [-0.05, 0) is 49.3 Å². The molecule has 0 spiro atoms. The summed E-state index contributed by atoms with van der Waals surface area (Å²) < 4.78 is 0. The normalized spacial score (nSPS) is 13.9. The average Bonchev–Trinajstić information content (AvgIpc) is 2.51. The molecule has 0 heterocycles. The summed E-state index contributed by atoms with van der Waals surface area (Å²) in [6.07, 6.45) is 12.4. The molecule has 0 nitrogen and oxygen atoms in total. The molecule has 0 radical (unpaired) electrons. The Morgan fingerprint density at radius 2 is 1.76 bits per heavy atom. The van der Waals surface area contributed by atoms with E-state index in [2.05, 4.69) is 65.7 Å². The van der Waals surface area contributed by atoms with Crippen LogP contribution in [0.15, 0.2) is 72.4 Å². The second-order valence-corrected chi connectivity index (χ2v) is 4.87. The van der Waals surface area contributed by atoms with Gasteiger partial charge in [0.1, 0.15) is 0 Å². The molecule has 0 bridgehead atoms. The Balaban J connectivity index is 0. The van der Waals surface area contributed by atoms with Crippen LogP contribution < -0.4 is 0 Å². The summed E-state index contributed by atoms with van der Waals surface area (Å²) in [7, 11) is 0. The molecule has 0 rings (SSSR count). The zero-order chi connectivity index (χ0) is 16.8. The fourth-order valence-corrected chi connectivity index (χ4v) is 1.93. The first kappa shape index (κ1) is 21.7. The lowest BCUT2D eigenvalue weighted by atomic mass is 9.90. The minimum atomic E-state index is 0.460. The molecular formula is C21H34. The van der Waals surface area contributed by atoms with Gasteiger partial charge in [0, 0.05) is 0 Å². The summed E-state index contributed by atoms with van der Waals surface area (Å²) >= 11 is 0. The molecule has 1 unspecified atom stereocenters. The van der Waals surface area contributed by atoms with Gasteiger partial charge in [-0.25, -0.2) is 0 Å². The van der Waals surface area contributed by atoms with Crippen molar-refractivity contribution in [2.45, 2.75) is 54.4 Å². The second-order valence-electron chi connectivity index (χ2n) is 4.87. The lowest BCUT2D eigenvalue weighted by molar-refractivity contribution is 0.723. The number of allylic oxidation sites excluding steroid dienone is 9. The predicted octanol–water partition coefficient (Wildman–Crippen LogP) is 7.20. The van der Waals surface area contributed by atoms with E-state index in [1.165, 1.54) is 11.1 Å². The Morgan fingerprint density at radius 1 is 1.19 bits per heavy atom. The third-order valence-electron chi connectivity index (χ3n) is 3.16. The van der Waals surface area contributed by atoms with E-state index in [9.17, 15) is 0 Å². The lowest BCUT2D eigenvalue weighted by Crippen LogP contribution is -1.97.